The molecule has 0 N–H and O–H groups in total. The zero-order valence-corrected chi connectivity index (χ0v) is 16.0. The number of rotatable bonds is 5. The van der Waals surface area contributed by atoms with E-state index in [-0.39, 0.29) is 16.4 Å². The molecule has 0 aliphatic heterocycles. The third kappa shape index (κ3) is 3.88. The summed E-state index contributed by atoms with van der Waals surface area (Å²) in [6.45, 7) is 3.80. The van der Waals surface area contributed by atoms with Crippen molar-refractivity contribution >= 4 is 21.7 Å². The minimum Gasteiger partial charge on any atom is -0.457 e. The van der Waals surface area contributed by atoms with E-state index >= 15 is 0 Å². The molecular formula is C20H19NO5S. The first kappa shape index (κ1) is 18.7. The van der Waals surface area contributed by atoms with Crippen molar-refractivity contribution in [2.75, 3.05) is 11.4 Å². The Labute approximate surface area is 158 Å². The molecule has 0 amide bonds. The van der Waals surface area contributed by atoms with Crippen LogP contribution in [0.25, 0.3) is 0 Å². The molecule has 0 aliphatic rings. The lowest BCUT2D eigenvalue weighted by atomic mass is 10.1. The molecule has 0 atom stereocenters. The largest absolute Gasteiger partial charge is 0.457 e. The van der Waals surface area contributed by atoms with Gasteiger partial charge in [0.15, 0.2) is 0 Å². The summed E-state index contributed by atoms with van der Waals surface area (Å²) in [6.07, 6.45) is 1.38. The highest BCUT2D eigenvalue weighted by atomic mass is 32.2. The lowest BCUT2D eigenvalue weighted by molar-refractivity contribution is 0.0701. The van der Waals surface area contributed by atoms with Crippen molar-refractivity contribution in [3.05, 3.63) is 77.7 Å². The summed E-state index contributed by atoms with van der Waals surface area (Å²) in [5.74, 6) is -0.241. The Kier molecular flexibility index (Phi) is 5.05. The van der Waals surface area contributed by atoms with Crippen LogP contribution in [0.5, 0.6) is 5.75 Å². The maximum Gasteiger partial charge on any atom is 0.379 e. The molecule has 2 aromatic carbocycles. The van der Waals surface area contributed by atoms with E-state index < -0.39 is 16.0 Å². The van der Waals surface area contributed by atoms with Gasteiger partial charge >= 0.3 is 5.97 Å². The van der Waals surface area contributed by atoms with Crippen LogP contribution in [0.3, 0.4) is 0 Å². The van der Waals surface area contributed by atoms with Gasteiger partial charge in [0.1, 0.15) is 5.75 Å². The SMILES string of the molecule is Cc1ccc(S(=O)(=O)N(C)c2ccc(OC(=O)c3ccco3)cc2)cc1C. The Hall–Kier alpha value is -3.06. The van der Waals surface area contributed by atoms with E-state index in [1.807, 2.05) is 13.8 Å². The Balaban J connectivity index is 1.79. The number of benzene rings is 2. The molecular weight excluding hydrogens is 366 g/mol. The average molecular weight is 385 g/mol. The van der Waals surface area contributed by atoms with Crippen LogP contribution in [-0.4, -0.2) is 21.4 Å². The van der Waals surface area contributed by atoms with Crippen molar-refractivity contribution in [2.45, 2.75) is 18.7 Å². The molecule has 140 valence electrons. The van der Waals surface area contributed by atoms with Gasteiger partial charge in [0.25, 0.3) is 10.0 Å². The molecule has 3 aromatic rings. The summed E-state index contributed by atoms with van der Waals surface area (Å²) in [6, 6.07) is 14.3. The molecule has 0 saturated carbocycles. The third-order valence-electron chi connectivity index (χ3n) is 4.27. The predicted molar refractivity (Wildman–Crippen MR) is 102 cm³/mol. The van der Waals surface area contributed by atoms with Gasteiger partial charge < -0.3 is 9.15 Å². The van der Waals surface area contributed by atoms with Gasteiger partial charge in [-0.15, -0.1) is 0 Å². The van der Waals surface area contributed by atoms with Gasteiger partial charge in [0.05, 0.1) is 16.8 Å². The number of hydrogen-bond donors (Lipinski definition) is 0. The number of carbonyl (C=O) groups is 1. The fourth-order valence-electron chi connectivity index (χ4n) is 2.45. The van der Waals surface area contributed by atoms with E-state index in [1.54, 1.807) is 36.4 Å². The number of nitrogens with zero attached hydrogens (tertiary/aromatic N) is 1. The minimum atomic E-state index is -3.69. The van der Waals surface area contributed by atoms with Crippen LogP contribution in [0.4, 0.5) is 5.69 Å². The van der Waals surface area contributed by atoms with Crippen LogP contribution in [0.1, 0.15) is 21.7 Å². The standard InChI is InChI=1S/C20H19NO5S/c1-14-6-11-18(13-15(14)2)27(23,24)21(3)16-7-9-17(10-8-16)26-20(22)19-5-4-12-25-19/h4-13H,1-3H3. The highest BCUT2D eigenvalue weighted by molar-refractivity contribution is 7.92. The van der Waals surface area contributed by atoms with Crippen molar-refractivity contribution in [1.29, 1.82) is 0 Å². The molecule has 0 bridgehead atoms. The number of esters is 1. The second-order valence-corrected chi connectivity index (χ2v) is 8.05. The highest BCUT2D eigenvalue weighted by Gasteiger charge is 2.22. The lowest BCUT2D eigenvalue weighted by Crippen LogP contribution is -2.26. The van der Waals surface area contributed by atoms with Crippen LogP contribution >= 0.6 is 0 Å². The molecule has 0 unspecified atom stereocenters. The van der Waals surface area contributed by atoms with Crippen LogP contribution in [0.2, 0.25) is 0 Å². The molecule has 1 heterocycles. The molecule has 0 aliphatic carbocycles. The van der Waals surface area contributed by atoms with Crippen molar-refractivity contribution in [1.82, 2.24) is 0 Å². The molecule has 0 fully saturated rings. The van der Waals surface area contributed by atoms with Crippen molar-refractivity contribution < 1.29 is 22.4 Å². The first-order valence-corrected chi connectivity index (χ1v) is 9.65. The molecule has 0 radical (unpaired) electrons. The zero-order chi connectivity index (χ0) is 19.6. The zero-order valence-electron chi connectivity index (χ0n) is 15.2. The maximum absolute atomic E-state index is 12.8. The topological polar surface area (TPSA) is 76.8 Å². The summed E-state index contributed by atoms with van der Waals surface area (Å²) in [5, 5.41) is 0. The quantitative estimate of drug-likeness (QED) is 0.491. The number of carbonyl (C=O) groups excluding carboxylic acids is 1. The molecule has 27 heavy (non-hydrogen) atoms. The number of furan rings is 1. The van der Waals surface area contributed by atoms with E-state index in [2.05, 4.69) is 0 Å². The Morgan fingerprint density at radius 2 is 1.70 bits per heavy atom. The van der Waals surface area contributed by atoms with Crippen LogP contribution < -0.4 is 9.04 Å². The number of aryl methyl sites for hydroxylation is 2. The molecule has 0 spiro atoms. The van der Waals surface area contributed by atoms with E-state index in [0.717, 1.165) is 11.1 Å². The van der Waals surface area contributed by atoms with Gasteiger partial charge in [-0.2, -0.15) is 0 Å². The summed E-state index contributed by atoms with van der Waals surface area (Å²) >= 11 is 0. The van der Waals surface area contributed by atoms with E-state index in [9.17, 15) is 13.2 Å². The van der Waals surface area contributed by atoms with Gasteiger partial charge in [0.2, 0.25) is 5.76 Å². The van der Waals surface area contributed by atoms with Gasteiger partial charge in [-0.25, -0.2) is 13.2 Å². The van der Waals surface area contributed by atoms with Gasteiger partial charge in [-0.1, -0.05) is 6.07 Å². The Bertz CT molecular complexity index is 1050. The number of anilines is 1. The summed E-state index contributed by atoms with van der Waals surface area (Å²) in [4.78, 5) is 12.1. The maximum atomic E-state index is 12.8. The molecule has 6 nitrogen and oxygen atoms in total. The third-order valence-corrected chi connectivity index (χ3v) is 6.05. The fraction of sp³-hybridized carbons (Fsp3) is 0.150. The molecule has 0 saturated heterocycles. The summed E-state index contributed by atoms with van der Waals surface area (Å²) in [5.41, 5.74) is 2.38. The van der Waals surface area contributed by atoms with Gasteiger partial charge in [-0.3, -0.25) is 4.31 Å². The number of sulfonamides is 1. The smallest absolute Gasteiger partial charge is 0.379 e. The number of ether oxygens (including phenoxy) is 1. The Morgan fingerprint density at radius 3 is 2.30 bits per heavy atom. The van der Waals surface area contributed by atoms with Crippen LogP contribution in [-0.2, 0) is 10.0 Å². The van der Waals surface area contributed by atoms with Crippen LogP contribution in [0, 0.1) is 13.8 Å². The predicted octanol–water partition coefficient (Wildman–Crippen LogP) is 3.94. The van der Waals surface area contributed by atoms with Crippen molar-refractivity contribution in [3.63, 3.8) is 0 Å². The molecule has 3 rings (SSSR count). The lowest BCUT2D eigenvalue weighted by Gasteiger charge is -2.20. The van der Waals surface area contributed by atoms with Crippen molar-refractivity contribution in [2.24, 2.45) is 0 Å². The summed E-state index contributed by atoms with van der Waals surface area (Å²) in [7, 11) is -2.21. The average Bonchev–Trinajstić information content (AvgIpc) is 3.19. The Morgan fingerprint density at radius 1 is 1.00 bits per heavy atom. The minimum absolute atomic E-state index is 0.0912. The monoisotopic (exact) mass is 385 g/mol. The molecule has 7 heteroatoms. The van der Waals surface area contributed by atoms with E-state index in [4.69, 9.17) is 9.15 Å². The van der Waals surface area contributed by atoms with Gasteiger partial charge in [-0.05, 0) is 73.5 Å². The second kappa shape index (κ2) is 7.28. The van der Waals surface area contributed by atoms with Crippen molar-refractivity contribution in [3.8, 4) is 5.75 Å². The molecule has 1 aromatic heterocycles. The van der Waals surface area contributed by atoms with E-state index in [0.29, 0.717) is 5.69 Å². The first-order chi connectivity index (χ1) is 12.8. The highest BCUT2D eigenvalue weighted by Crippen LogP contribution is 2.25. The van der Waals surface area contributed by atoms with Gasteiger partial charge in [0, 0.05) is 7.05 Å². The van der Waals surface area contributed by atoms with Crippen LogP contribution in [0.15, 0.2) is 70.2 Å². The van der Waals surface area contributed by atoms with E-state index in [1.165, 1.54) is 35.8 Å². The fourth-order valence-corrected chi connectivity index (χ4v) is 3.73. The second-order valence-electron chi connectivity index (χ2n) is 6.08. The summed E-state index contributed by atoms with van der Waals surface area (Å²) < 4.78 is 37.0. The normalized spacial score (nSPS) is 11.2. The number of hydrogen-bond acceptors (Lipinski definition) is 5. The first-order valence-electron chi connectivity index (χ1n) is 8.21.